The summed E-state index contributed by atoms with van der Waals surface area (Å²) in [5.41, 5.74) is 3.83. The molecule has 1 N–H and O–H groups in total. The molecule has 0 spiro atoms. The number of anilines is 1. The molecule has 11 heteroatoms. The van der Waals surface area contributed by atoms with Crippen LogP contribution in [0.1, 0.15) is 10.4 Å². The number of hydrogen-bond donors (Lipinski definition) is 1. The van der Waals surface area contributed by atoms with Crippen LogP contribution >= 0.6 is 0 Å². The van der Waals surface area contributed by atoms with Gasteiger partial charge in [0.05, 0.1) is 22.5 Å². The first-order valence-corrected chi connectivity index (χ1v) is 14.4. The molecule has 0 radical (unpaired) electrons. The highest BCUT2D eigenvalue weighted by Gasteiger charge is 2.33. The number of amides is 3. The zero-order valence-corrected chi connectivity index (χ0v) is 24.2. The maximum atomic E-state index is 16.1. The van der Waals surface area contributed by atoms with E-state index in [0.29, 0.717) is 52.3 Å². The summed E-state index contributed by atoms with van der Waals surface area (Å²) < 4.78 is 44.0. The zero-order chi connectivity index (χ0) is 31.0. The predicted octanol–water partition coefficient (Wildman–Crippen LogP) is 6.64. The first-order valence-electron chi connectivity index (χ1n) is 14.4. The minimum Gasteiger partial charge on any atom is -0.470 e. The van der Waals surface area contributed by atoms with E-state index in [9.17, 15) is 14.0 Å². The minimum atomic E-state index is -0.650. The van der Waals surface area contributed by atoms with Gasteiger partial charge in [0.2, 0.25) is 0 Å². The van der Waals surface area contributed by atoms with Crippen molar-refractivity contribution in [2.24, 2.45) is 0 Å². The van der Waals surface area contributed by atoms with Crippen LogP contribution in [0.2, 0.25) is 0 Å². The topological polar surface area (TPSA) is 92.8 Å². The molecule has 2 aliphatic rings. The molecule has 0 atom stereocenters. The summed E-state index contributed by atoms with van der Waals surface area (Å²) in [5, 5.41) is 4.02. The second-order valence-corrected chi connectivity index (χ2v) is 11.1. The Kier molecular flexibility index (Phi) is 5.92. The fourth-order valence-electron chi connectivity index (χ4n) is 6.21. The maximum absolute atomic E-state index is 16.1. The second-order valence-electron chi connectivity index (χ2n) is 11.1. The lowest BCUT2D eigenvalue weighted by molar-refractivity contribution is 0.0964. The van der Waals surface area contributed by atoms with Gasteiger partial charge in [0, 0.05) is 61.2 Å². The molecule has 6 aromatic rings. The van der Waals surface area contributed by atoms with Crippen molar-refractivity contribution >= 4 is 39.5 Å². The SMILES string of the molecule is CNC(=O)c1c(-c2ccc(F)cc2)oc2cc(N3CCN(C)C3=O)c(-c3nc4c(cc3F)OCn3c-4cc4ccccc43)cc12. The molecule has 9 nitrogen and oxygen atoms in total. The van der Waals surface area contributed by atoms with Crippen molar-refractivity contribution in [3.05, 3.63) is 90.0 Å². The van der Waals surface area contributed by atoms with Crippen molar-refractivity contribution in [3.63, 3.8) is 0 Å². The number of hydrogen-bond acceptors (Lipinski definition) is 5. The first kappa shape index (κ1) is 26.9. The molecular weight excluding hydrogens is 580 g/mol. The number of nitrogens with zero attached hydrogens (tertiary/aromatic N) is 4. The van der Waals surface area contributed by atoms with Crippen LogP contribution in [-0.4, -0.2) is 53.6 Å². The molecule has 3 aromatic heterocycles. The zero-order valence-electron chi connectivity index (χ0n) is 24.2. The van der Waals surface area contributed by atoms with Crippen molar-refractivity contribution in [2.75, 3.05) is 32.1 Å². The second kappa shape index (κ2) is 9.91. The van der Waals surface area contributed by atoms with Gasteiger partial charge in [-0.15, -0.1) is 0 Å². The number of likely N-dealkylation sites (N-methyl/N-ethyl adjacent to an activating group) is 1. The summed E-state index contributed by atoms with van der Waals surface area (Å²) in [5.74, 6) is -1.01. The van der Waals surface area contributed by atoms with E-state index in [1.165, 1.54) is 37.4 Å². The highest BCUT2D eigenvalue weighted by atomic mass is 19.1. The van der Waals surface area contributed by atoms with E-state index in [2.05, 4.69) is 5.32 Å². The number of ether oxygens (including phenoxy) is 1. The third-order valence-electron chi connectivity index (χ3n) is 8.47. The molecule has 224 valence electrons. The number of urea groups is 1. The predicted molar refractivity (Wildman–Crippen MR) is 165 cm³/mol. The molecule has 3 aromatic carbocycles. The third kappa shape index (κ3) is 4.07. The van der Waals surface area contributed by atoms with Crippen molar-refractivity contribution in [2.45, 2.75) is 6.73 Å². The van der Waals surface area contributed by atoms with Crippen molar-refractivity contribution in [3.8, 4) is 39.7 Å². The van der Waals surface area contributed by atoms with Gasteiger partial charge >= 0.3 is 6.03 Å². The summed E-state index contributed by atoms with van der Waals surface area (Å²) in [7, 11) is 3.19. The third-order valence-corrected chi connectivity index (χ3v) is 8.47. The molecule has 1 fully saturated rings. The molecule has 3 amide bonds. The van der Waals surface area contributed by atoms with Crippen molar-refractivity contribution in [1.82, 2.24) is 19.8 Å². The van der Waals surface area contributed by atoms with Gasteiger partial charge < -0.3 is 23.9 Å². The first-order chi connectivity index (χ1) is 21.8. The van der Waals surface area contributed by atoms with Crippen molar-refractivity contribution < 1.29 is 27.5 Å². The van der Waals surface area contributed by atoms with Gasteiger partial charge in [-0.05, 0) is 42.5 Å². The van der Waals surface area contributed by atoms with E-state index >= 15 is 4.39 Å². The highest BCUT2D eigenvalue weighted by molar-refractivity contribution is 6.13. The van der Waals surface area contributed by atoms with Gasteiger partial charge in [-0.3, -0.25) is 9.69 Å². The van der Waals surface area contributed by atoms with Crippen molar-refractivity contribution in [1.29, 1.82) is 0 Å². The summed E-state index contributed by atoms with van der Waals surface area (Å²) in [6, 6.07) is 19.7. The fourth-order valence-corrected chi connectivity index (χ4v) is 6.21. The minimum absolute atomic E-state index is 0.0114. The molecule has 0 unspecified atom stereocenters. The molecule has 2 aliphatic heterocycles. The van der Waals surface area contributed by atoms with Crippen LogP contribution in [0.15, 0.2) is 77.2 Å². The number of furan rings is 1. The number of rotatable bonds is 4. The van der Waals surface area contributed by atoms with Crippen LogP contribution in [0.4, 0.5) is 19.3 Å². The summed E-state index contributed by atoms with van der Waals surface area (Å²) in [6.45, 7) is 1.03. The number of aromatic nitrogens is 2. The van der Waals surface area contributed by atoms with E-state index in [-0.39, 0.29) is 29.8 Å². The fraction of sp³-hybridized carbons (Fsp3) is 0.147. The number of nitrogens with one attached hydrogen (secondary N) is 1. The highest BCUT2D eigenvalue weighted by Crippen LogP contribution is 2.45. The monoisotopic (exact) mass is 605 g/mol. The van der Waals surface area contributed by atoms with Gasteiger partial charge in [0.15, 0.2) is 18.3 Å². The van der Waals surface area contributed by atoms with Crippen LogP contribution in [0.3, 0.4) is 0 Å². The largest absolute Gasteiger partial charge is 0.470 e. The molecular formula is C34H25F2N5O4. The quantitative estimate of drug-likeness (QED) is 0.243. The standard InChI is InChI=1S/C34H25F2N5O4/c1-37-33(42)29-22-14-21(30-23(36)15-28-31(38-30)26-13-19-5-3-4-6-24(19)41(26)17-44-28)25(40-12-11-39(2)34(40)43)16-27(22)45-32(29)18-7-9-20(35)10-8-18/h3-10,13-16H,11-12,17H2,1-2H3,(H,37,42). The van der Waals surface area contributed by atoms with E-state index in [0.717, 1.165) is 16.6 Å². The number of carbonyl (C=O) groups is 2. The normalized spacial score (nSPS) is 14.2. The Balaban J connectivity index is 1.40. The molecule has 5 heterocycles. The summed E-state index contributed by atoms with van der Waals surface area (Å²) in [4.78, 5) is 34.5. The van der Waals surface area contributed by atoms with Gasteiger partial charge in [-0.2, -0.15) is 0 Å². The van der Waals surface area contributed by atoms with Crippen LogP contribution in [-0.2, 0) is 6.73 Å². The van der Waals surface area contributed by atoms with Gasteiger partial charge in [-0.25, -0.2) is 18.6 Å². The molecule has 1 saturated heterocycles. The Morgan fingerprint density at radius 3 is 2.53 bits per heavy atom. The Bertz CT molecular complexity index is 2200. The summed E-state index contributed by atoms with van der Waals surface area (Å²) in [6.07, 6.45) is 0. The smallest absolute Gasteiger partial charge is 0.324 e. The number of para-hydroxylation sites is 1. The Hall–Kier alpha value is -5.71. The number of pyridine rings is 1. The Morgan fingerprint density at radius 1 is 0.978 bits per heavy atom. The molecule has 45 heavy (non-hydrogen) atoms. The number of fused-ring (bicyclic) bond motifs is 6. The Labute approximate surface area is 255 Å². The van der Waals surface area contributed by atoms with E-state index in [4.69, 9.17) is 14.1 Å². The van der Waals surface area contributed by atoms with Crippen LogP contribution in [0.5, 0.6) is 5.75 Å². The van der Waals surface area contributed by atoms with E-state index < -0.39 is 17.5 Å². The molecule has 0 bridgehead atoms. The number of benzene rings is 3. The number of halogens is 2. The van der Waals surface area contributed by atoms with E-state index in [1.807, 2.05) is 34.9 Å². The lowest BCUT2D eigenvalue weighted by Gasteiger charge is -2.23. The lowest BCUT2D eigenvalue weighted by Crippen LogP contribution is -2.29. The van der Waals surface area contributed by atoms with Gasteiger partial charge in [0.1, 0.15) is 28.5 Å². The average molecular weight is 606 g/mol. The Morgan fingerprint density at radius 2 is 1.78 bits per heavy atom. The van der Waals surface area contributed by atoms with Gasteiger partial charge in [0.25, 0.3) is 5.91 Å². The van der Waals surface area contributed by atoms with E-state index in [1.54, 1.807) is 29.0 Å². The molecule has 0 saturated carbocycles. The summed E-state index contributed by atoms with van der Waals surface area (Å²) >= 11 is 0. The van der Waals surface area contributed by atoms with Gasteiger partial charge in [-0.1, -0.05) is 18.2 Å². The molecule has 8 rings (SSSR count). The van der Waals surface area contributed by atoms with Crippen LogP contribution < -0.4 is 15.0 Å². The van der Waals surface area contributed by atoms with Crippen LogP contribution in [0.25, 0.3) is 55.8 Å². The maximum Gasteiger partial charge on any atom is 0.324 e. The van der Waals surface area contributed by atoms with Crippen LogP contribution in [0, 0.1) is 11.6 Å². The number of carbonyl (C=O) groups excluding carboxylic acids is 2. The lowest BCUT2D eigenvalue weighted by atomic mass is 9.99. The average Bonchev–Trinajstić information content (AvgIpc) is 3.72. The molecule has 0 aliphatic carbocycles.